The summed E-state index contributed by atoms with van der Waals surface area (Å²) in [5, 5.41) is 13.4. The molecular weight excluding hydrogens is 343 g/mol. The zero-order chi connectivity index (χ0) is 18.3. The Bertz CT molecular complexity index is 752. The summed E-state index contributed by atoms with van der Waals surface area (Å²) >= 11 is 0. The minimum atomic E-state index is -3.63. The van der Waals surface area contributed by atoms with Gasteiger partial charge in [-0.05, 0) is 49.7 Å². The van der Waals surface area contributed by atoms with Crippen molar-refractivity contribution >= 4 is 10.0 Å². The molecule has 3 N–H and O–H groups in total. The molecule has 0 amide bonds. The maximum absolute atomic E-state index is 12.8. The number of hydrogen-bond donors (Lipinski definition) is 3. The summed E-state index contributed by atoms with van der Waals surface area (Å²) in [6.45, 7) is 2.68. The van der Waals surface area contributed by atoms with Gasteiger partial charge in [-0.25, -0.2) is 17.5 Å². The summed E-state index contributed by atoms with van der Waals surface area (Å²) in [5.74, 6) is -0.478. The van der Waals surface area contributed by atoms with Gasteiger partial charge in [0.15, 0.2) is 0 Å². The summed E-state index contributed by atoms with van der Waals surface area (Å²) in [6, 6.07) is 13.9. The monoisotopic (exact) mass is 366 g/mol. The van der Waals surface area contributed by atoms with E-state index in [1.165, 1.54) is 12.1 Å². The van der Waals surface area contributed by atoms with Gasteiger partial charge in [0.05, 0.1) is 11.0 Å². The Kier molecular flexibility index (Phi) is 7.07. The van der Waals surface area contributed by atoms with E-state index in [0.717, 1.165) is 17.7 Å². The molecule has 0 aromatic heterocycles. The average Bonchev–Trinajstić information content (AvgIpc) is 2.61. The molecular formula is C18H23FN2O3S. The highest BCUT2D eigenvalue weighted by atomic mass is 32.2. The Morgan fingerprint density at radius 3 is 2.32 bits per heavy atom. The van der Waals surface area contributed by atoms with Crippen molar-refractivity contribution < 1.29 is 17.9 Å². The highest BCUT2D eigenvalue weighted by Gasteiger charge is 2.16. The Morgan fingerprint density at radius 1 is 1.04 bits per heavy atom. The van der Waals surface area contributed by atoms with Crippen LogP contribution in [0.1, 0.15) is 25.0 Å². The predicted octanol–water partition coefficient (Wildman–Crippen LogP) is 2.21. The molecule has 5 nitrogen and oxygen atoms in total. The number of sulfonamides is 1. The van der Waals surface area contributed by atoms with E-state index in [9.17, 15) is 17.9 Å². The second-order valence-electron chi connectivity index (χ2n) is 5.80. The van der Waals surface area contributed by atoms with Crippen molar-refractivity contribution in [1.82, 2.24) is 10.0 Å². The third-order valence-corrected chi connectivity index (χ3v) is 5.33. The van der Waals surface area contributed by atoms with Crippen LogP contribution in [0, 0.1) is 5.82 Å². The first-order valence-corrected chi connectivity index (χ1v) is 9.60. The van der Waals surface area contributed by atoms with Crippen LogP contribution in [0.25, 0.3) is 0 Å². The fraction of sp³-hybridized carbons (Fsp3) is 0.333. The molecule has 0 aliphatic heterocycles. The molecule has 0 radical (unpaired) electrons. The van der Waals surface area contributed by atoms with E-state index in [1.807, 2.05) is 37.3 Å². The van der Waals surface area contributed by atoms with E-state index in [2.05, 4.69) is 10.0 Å². The van der Waals surface area contributed by atoms with Gasteiger partial charge in [0.25, 0.3) is 0 Å². The second-order valence-corrected chi connectivity index (χ2v) is 7.57. The van der Waals surface area contributed by atoms with Gasteiger partial charge < -0.3 is 10.4 Å². The molecule has 0 bridgehead atoms. The fourth-order valence-electron chi connectivity index (χ4n) is 2.37. The largest absolute Gasteiger partial charge is 0.387 e. The van der Waals surface area contributed by atoms with Crippen LogP contribution in [0.3, 0.4) is 0 Å². The SMILES string of the molecule is CC(NCCCNS(=O)(=O)c1ccc(F)cc1)C(O)c1ccccc1. The zero-order valence-electron chi connectivity index (χ0n) is 14.0. The molecule has 0 heterocycles. The molecule has 0 aliphatic carbocycles. The van der Waals surface area contributed by atoms with Crippen LogP contribution in [0.4, 0.5) is 4.39 Å². The molecule has 7 heteroatoms. The van der Waals surface area contributed by atoms with E-state index >= 15 is 0 Å². The van der Waals surface area contributed by atoms with Gasteiger partial charge in [-0.15, -0.1) is 0 Å². The topological polar surface area (TPSA) is 78.4 Å². The molecule has 25 heavy (non-hydrogen) atoms. The van der Waals surface area contributed by atoms with Crippen LogP contribution < -0.4 is 10.0 Å². The average molecular weight is 366 g/mol. The quantitative estimate of drug-likeness (QED) is 0.595. The van der Waals surface area contributed by atoms with Crippen LogP contribution in [0.2, 0.25) is 0 Å². The third-order valence-electron chi connectivity index (χ3n) is 3.85. The maximum atomic E-state index is 12.8. The maximum Gasteiger partial charge on any atom is 0.240 e. The minimum Gasteiger partial charge on any atom is -0.387 e. The van der Waals surface area contributed by atoms with Crippen LogP contribution in [0.5, 0.6) is 0 Å². The van der Waals surface area contributed by atoms with Crippen molar-refractivity contribution in [3.63, 3.8) is 0 Å². The third kappa shape index (κ3) is 5.89. The number of aliphatic hydroxyl groups is 1. The van der Waals surface area contributed by atoms with Gasteiger partial charge in [-0.1, -0.05) is 30.3 Å². The first kappa shape index (κ1) is 19.5. The van der Waals surface area contributed by atoms with Crippen LogP contribution in [0.15, 0.2) is 59.5 Å². The van der Waals surface area contributed by atoms with Gasteiger partial charge in [0.1, 0.15) is 5.82 Å². The van der Waals surface area contributed by atoms with Crippen molar-refractivity contribution in [3.05, 3.63) is 66.0 Å². The smallest absolute Gasteiger partial charge is 0.240 e. The first-order valence-electron chi connectivity index (χ1n) is 8.12. The molecule has 2 aromatic rings. The summed E-state index contributed by atoms with van der Waals surface area (Å²) in [6.07, 6.45) is -0.0659. The van der Waals surface area contributed by atoms with E-state index in [0.29, 0.717) is 13.0 Å². The lowest BCUT2D eigenvalue weighted by atomic mass is 10.0. The normalized spacial score (nSPS) is 14.2. The summed E-state index contributed by atoms with van der Waals surface area (Å²) in [7, 11) is -3.63. The molecule has 0 saturated heterocycles. The van der Waals surface area contributed by atoms with Crippen molar-refractivity contribution in [2.75, 3.05) is 13.1 Å². The Labute approximate surface area is 147 Å². The summed E-state index contributed by atoms with van der Waals surface area (Å²) in [5.41, 5.74) is 0.833. The van der Waals surface area contributed by atoms with Crippen LogP contribution >= 0.6 is 0 Å². The summed E-state index contributed by atoms with van der Waals surface area (Å²) in [4.78, 5) is 0.0368. The molecule has 0 fully saturated rings. The Hall–Kier alpha value is -1.80. The molecule has 0 saturated carbocycles. The number of nitrogens with one attached hydrogen (secondary N) is 2. The molecule has 2 aromatic carbocycles. The van der Waals surface area contributed by atoms with Gasteiger partial charge in [-0.3, -0.25) is 0 Å². The van der Waals surface area contributed by atoms with Crippen molar-refractivity contribution in [3.8, 4) is 0 Å². The Balaban J connectivity index is 1.73. The zero-order valence-corrected chi connectivity index (χ0v) is 14.8. The van der Waals surface area contributed by atoms with Crippen LogP contribution in [-0.2, 0) is 10.0 Å². The fourth-order valence-corrected chi connectivity index (χ4v) is 3.45. The highest BCUT2D eigenvalue weighted by Crippen LogP contribution is 2.15. The number of aliphatic hydroxyl groups excluding tert-OH is 1. The molecule has 2 atom stereocenters. The van der Waals surface area contributed by atoms with Crippen molar-refractivity contribution in [2.24, 2.45) is 0 Å². The molecule has 0 spiro atoms. The van der Waals surface area contributed by atoms with Crippen molar-refractivity contribution in [2.45, 2.75) is 30.4 Å². The van der Waals surface area contributed by atoms with E-state index in [4.69, 9.17) is 0 Å². The predicted molar refractivity (Wildman–Crippen MR) is 95.1 cm³/mol. The van der Waals surface area contributed by atoms with Gasteiger partial charge in [-0.2, -0.15) is 0 Å². The second kappa shape index (κ2) is 9.05. The van der Waals surface area contributed by atoms with E-state index < -0.39 is 21.9 Å². The van der Waals surface area contributed by atoms with Crippen molar-refractivity contribution in [1.29, 1.82) is 0 Å². The number of halogens is 1. The van der Waals surface area contributed by atoms with Crippen LogP contribution in [-0.4, -0.2) is 32.7 Å². The molecule has 0 aliphatic rings. The van der Waals surface area contributed by atoms with E-state index in [1.54, 1.807) is 0 Å². The van der Waals surface area contributed by atoms with Gasteiger partial charge >= 0.3 is 0 Å². The lowest BCUT2D eigenvalue weighted by molar-refractivity contribution is 0.136. The minimum absolute atomic E-state index is 0.0368. The van der Waals surface area contributed by atoms with E-state index in [-0.39, 0.29) is 17.5 Å². The number of benzene rings is 2. The molecule has 136 valence electrons. The lowest BCUT2D eigenvalue weighted by Gasteiger charge is -2.20. The number of hydrogen-bond acceptors (Lipinski definition) is 4. The first-order chi connectivity index (χ1) is 11.9. The Morgan fingerprint density at radius 2 is 1.68 bits per heavy atom. The molecule has 2 rings (SSSR count). The van der Waals surface area contributed by atoms with Gasteiger partial charge in [0.2, 0.25) is 10.0 Å². The lowest BCUT2D eigenvalue weighted by Crippen LogP contribution is -2.34. The molecule has 2 unspecified atom stereocenters. The highest BCUT2D eigenvalue weighted by molar-refractivity contribution is 7.89. The standard InChI is InChI=1S/C18H23FN2O3S/c1-14(18(22)15-6-3-2-4-7-15)20-12-5-13-21-25(23,24)17-10-8-16(19)9-11-17/h2-4,6-11,14,18,20-22H,5,12-13H2,1H3. The summed E-state index contributed by atoms with van der Waals surface area (Å²) < 4.78 is 39.4. The van der Waals surface area contributed by atoms with Gasteiger partial charge in [0, 0.05) is 12.6 Å². The number of rotatable bonds is 9.